The third-order valence-corrected chi connectivity index (χ3v) is 4.45. The minimum atomic E-state index is -0.256. The van der Waals surface area contributed by atoms with Gasteiger partial charge in [-0.3, -0.25) is 9.36 Å². The maximum atomic E-state index is 12.8. The van der Waals surface area contributed by atoms with E-state index < -0.39 is 0 Å². The van der Waals surface area contributed by atoms with Crippen LogP contribution in [0.1, 0.15) is 10.5 Å². The monoisotopic (exact) mass is 369 g/mol. The van der Waals surface area contributed by atoms with E-state index in [1.54, 1.807) is 38.6 Å². The number of nitrogens with one attached hydrogen (secondary N) is 1. The molecule has 6 nitrogen and oxygen atoms in total. The van der Waals surface area contributed by atoms with Crippen LogP contribution in [0.5, 0.6) is 11.5 Å². The van der Waals surface area contributed by atoms with Crippen LogP contribution in [-0.2, 0) is 0 Å². The van der Waals surface area contributed by atoms with Gasteiger partial charge in [0.25, 0.3) is 5.91 Å². The Labute approximate surface area is 156 Å². The Bertz CT molecular complexity index is 910. The zero-order chi connectivity index (χ0) is 18.5. The van der Waals surface area contributed by atoms with Gasteiger partial charge in [0.15, 0.2) is 16.7 Å². The number of rotatable bonds is 6. The first-order valence-corrected chi connectivity index (χ1v) is 9.11. The average Bonchev–Trinajstić information content (AvgIpc) is 3.12. The van der Waals surface area contributed by atoms with Crippen LogP contribution in [0.25, 0.3) is 5.69 Å². The maximum absolute atomic E-state index is 12.8. The van der Waals surface area contributed by atoms with E-state index in [9.17, 15) is 4.79 Å². The van der Waals surface area contributed by atoms with Crippen LogP contribution in [-0.4, -0.2) is 35.9 Å². The van der Waals surface area contributed by atoms with Crippen molar-refractivity contribution in [1.29, 1.82) is 0 Å². The SMILES string of the molecule is COc1ccc(NC(=O)c2cnc(SC)n2-c2ccccc2)cc1OC. The molecule has 1 aromatic heterocycles. The number of aromatic nitrogens is 2. The lowest BCUT2D eigenvalue weighted by atomic mass is 10.2. The fourth-order valence-corrected chi connectivity index (χ4v) is 3.12. The summed E-state index contributed by atoms with van der Waals surface area (Å²) in [4.78, 5) is 17.2. The third kappa shape index (κ3) is 3.52. The first kappa shape index (κ1) is 17.9. The van der Waals surface area contributed by atoms with E-state index in [2.05, 4.69) is 10.3 Å². The van der Waals surface area contributed by atoms with E-state index in [0.29, 0.717) is 22.9 Å². The first-order chi connectivity index (χ1) is 12.7. The van der Waals surface area contributed by atoms with Gasteiger partial charge in [-0.2, -0.15) is 0 Å². The van der Waals surface area contributed by atoms with E-state index in [0.717, 1.165) is 10.8 Å². The second-order valence-corrected chi connectivity index (χ2v) is 6.10. The third-order valence-electron chi connectivity index (χ3n) is 3.80. The van der Waals surface area contributed by atoms with Gasteiger partial charge in [-0.1, -0.05) is 30.0 Å². The van der Waals surface area contributed by atoms with Crippen LogP contribution in [0.15, 0.2) is 59.9 Å². The maximum Gasteiger partial charge on any atom is 0.274 e. The number of hydrogen-bond donors (Lipinski definition) is 1. The van der Waals surface area contributed by atoms with Gasteiger partial charge in [-0.25, -0.2) is 4.98 Å². The summed E-state index contributed by atoms with van der Waals surface area (Å²) >= 11 is 1.48. The minimum absolute atomic E-state index is 0.256. The van der Waals surface area contributed by atoms with Crippen molar-refractivity contribution < 1.29 is 14.3 Å². The van der Waals surface area contributed by atoms with Crippen molar-refractivity contribution in [2.75, 3.05) is 25.8 Å². The Hall–Kier alpha value is -2.93. The van der Waals surface area contributed by atoms with Crippen molar-refractivity contribution in [3.05, 3.63) is 60.4 Å². The Morgan fingerprint density at radius 3 is 2.46 bits per heavy atom. The van der Waals surface area contributed by atoms with E-state index >= 15 is 0 Å². The number of benzene rings is 2. The van der Waals surface area contributed by atoms with Crippen LogP contribution in [0.4, 0.5) is 5.69 Å². The number of para-hydroxylation sites is 1. The van der Waals surface area contributed by atoms with Gasteiger partial charge in [0.1, 0.15) is 5.69 Å². The van der Waals surface area contributed by atoms with Crippen LogP contribution < -0.4 is 14.8 Å². The molecule has 0 fully saturated rings. The predicted octanol–water partition coefficient (Wildman–Crippen LogP) is 3.86. The summed E-state index contributed by atoms with van der Waals surface area (Å²) < 4.78 is 12.3. The van der Waals surface area contributed by atoms with Gasteiger partial charge in [-0.05, 0) is 30.5 Å². The summed E-state index contributed by atoms with van der Waals surface area (Å²) in [7, 11) is 3.12. The predicted molar refractivity (Wildman–Crippen MR) is 103 cm³/mol. The molecule has 3 aromatic rings. The molecular formula is C19H19N3O3S. The van der Waals surface area contributed by atoms with Crippen LogP contribution in [0.2, 0.25) is 0 Å². The lowest BCUT2D eigenvalue weighted by Gasteiger charge is -2.13. The highest BCUT2D eigenvalue weighted by atomic mass is 32.2. The number of amides is 1. The molecule has 0 unspecified atom stereocenters. The molecule has 0 saturated heterocycles. The number of methoxy groups -OCH3 is 2. The highest BCUT2D eigenvalue weighted by molar-refractivity contribution is 7.98. The zero-order valence-corrected chi connectivity index (χ0v) is 15.5. The standard InChI is InChI=1S/C19H19N3O3S/c1-24-16-10-9-13(11-17(16)25-2)21-18(23)15-12-20-19(26-3)22(15)14-7-5-4-6-8-14/h4-12H,1-3H3,(H,21,23). The number of imidazole rings is 1. The molecule has 7 heteroatoms. The topological polar surface area (TPSA) is 65.4 Å². The second-order valence-electron chi connectivity index (χ2n) is 5.32. The highest BCUT2D eigenvalue weighted by Crippen LogP contribution is 2.30. The Kier molecular flexibility index (Phi) is 5.48. The average molecular weight is 369 g/mol. The minimum Gasteiger partial charge on any atom is -0.493 e. The summed E-state index contributed by atoms with van der Waals surface area (Å²) in [5.74, 6) is 0.894. The number of thioether (sulfide) groups is 1. The van der Waals surface area contributed by atoms with E-state index in [4.69, 9.17) is 9.47 Å². The van der Waals surface area contributed by atoms with E-state index in [1.165, 1.54) is 11.8 Å². The van der Waals surface area contributed by atoms with E-state index in [-0.39, 0.29) is 5.91 Å². The van der Waals surface area contributed by atoms with Gasteiger partial charge < -0.3 is 14.8 Å². The van der Waals surface area contributed by atoms with Crippen molar-refractivity contribution >= 4 is 23.4 Å². The molecule has 3 rings (SSSR count). The number of hydrogen-bond acceptors (Lipinski definition) is 5. The quantitative estimate of drug-likeness (QED) is 0.668. The first-order valence-electron chi connectivity index (χ1n) is 7.88. The van der Waals surface area contributed by atoms with Crippen LogP contribution >= 0.6 is 11.8 Å². The second kappa shape index (κ2) is 7.97. The molecule has 0 aliphatic heterocycles. The van der Waals surface area contributed by atoms with Crippen molar-refractivity contribution in [3.8, 4) is 17.2 Å². The number of anilines is 1. The molecule has 0 aliphatic rings. The van der Waals surface area contributed by atoms with Crippen molar-refractivity contribution in [2.45, 2.75) is 5.16 Å². The molecular weight excluding hydrogens is 350 g/mol. The summed E-state index contributed by atoms with van der Waals surface area (Å²) in [6.07, 6.45) is 3.51. The molecule has 0 radical (unpaired) electrons. The highest BCUT2D eigenvalue weighted by Gasteiger charge is 2.18. The van der Waals surface area contributed by atoms with Gasteiger partial charge >= 0.3 is 0 Å². The number of carbonyl (C=O) groups excluding carboxylic acids is 1. The molecule has 0 atom stereocenters. The summed E-state index contributed by atoms with van der Waals surface area (Å²) in [6.45, 7) is 0. The summed E-state index contributed by atoms with van der Waals surface area (Å²) in [6, 6.07) is 14.9. The van der Waals surface area contributed by atoms with Crippen molar-refractivity contribution in [3.63, 3.8) is 0 Å². The molecule has 1 heterocycles. The Morgan fingerprint density at radius 1 is 1.08 bits per heavy atom. The van der Waals surface area contributed by atoms with Crippen LogP contribution in [0.3, 0.4) is 0 Å². The summed E-state index contributed by atoms with van der Waals surface area (Å²) in [5, 5.41) is 3.63. The van der Waals surface area contributed by atoms with Crippen molar-refractivity contribution in [1.82, 2.24) is 9.55 Å². The molecule has 0 bridgehead atoms. The van der Waals surface area contributed by atoms with Crippen molar-refractivity contribution in [2.24, 2.45) is 0 Å². The summed E-state index contributed by atoms with van der Waals surface area (Å²) in [5.41, 5.74) is 1.95. The Balaban J connectivity index is 1.93. The fraction of sp³-hybridized carbons (Fsp3) is 0.158. The number of ether oxygens (including phenoxy) is 2. The van der Waals surface area contributed by atoms with Gasteiger partial charge in [-0.15, -0.1) is 0 Å². The molecule has 2 aromatic carbocycles. The lowest BCUT2D eigenvalue weighted by molar-refractivity contribution is 0.102. The van der Waals surface area contributed by atoms with Crippen LogP contribution in [0, 0.1) is 0 Å². The molecule has 0 aliphatic carbocycles. The van der Waals surface area contributed by atoms with E-state index in [1.807, 2.05) is 41.2 Å². The molecule has 1 N–H and O–H groups in total. The lowest BCUT2D eigenvalue weighted by Crippen LogP contribution is -2.16. The molecule has 1 amide bonds. The van der Waals surface area contributed by atoms with Gasteiger partial charge in [0.05, 0.1) is 20.4 Å². The zero-order valence-electron chi connectivity index (χ0n) is 14.7. The molecule has 134 valence electrons. The number of nitrogens with zero attached hydrogens (tertiary/aromatic N) is 2. The molecule has 0 saturated carbocycles. The van der Waals surface area contributed by atoms with Gasteiger partial charge in [0, 0.05) is 17.4 Å². The number of carbonyl (C=O) groups is 1. The molecule has 0 spiro atoms. The largest absolute Gasteiger partial charge is 0.493 e. The fourth-order valence-electron chi connectivity index (χ4n) is 2.57. The Morgan fingerprint density at radius 2 is 1.81 bits per heavy atom. The smallest absolute Gasteiger partial charge is 0.274 e. The normalized spacial score (nSPS) is 10.4. The molecule has 26 heavy (non-hydrogen) atoms. The van der Waals surface area contributed by atoms with Gasteiger partial charge in [0.2, 0.25) is 0 Å².